The van der Waals surface area contributed by atoms with E-state index in [0.717, 1.165) is 51.4 Å². The molecule has 14 rings (SSSR count). The summed E-state index contributed by atoms with van der Waals surface area (Å²) in [7, 11) is 0. The van der Waals surface area contributed by atoms with Gasteiger partial charge in [0.2, 0.25) is 0 Å². The highest BCUT2D eigenvalue weighted by Crippen LogP contribution is 2.33. The second-order valence-corrected chi connectivity index (χ2v) is 13.9. The maximum Gasteiger partial charge on any atom is -0.0103 e. The Hall–Kier alpha value is -4.94. The van der Waals surface area contributed by atoms with Gasteiger partial charge in [0.05, 0.1) is 0 Å². The van der Waals surface area contributed by atoms with Gasteiger partial charge >= 0.3 is 0 Å². The van der Waals surface area contributed by atoms with Crippen LogP contribution in [0.15, 0.2) is 121 Å². The smallest absolute Gasteiger partial charge is 0.0103 e. The van der Waals surface area contributed by atoms with Gasteiger partial charge < -0.3 is 0 Å². The second-order valence-electron chi connectivity index (χ2n) is 13.9. The van der Waals surface area contributed by atoms with Crippen molar-refractivity contribution in [2.75, 3.05) is 0 Å². The average Bonchev–Trinajstić information content (AvgIpc) is 3.09. The van der Waals surface area contributed by atoms with E-state index in [0.29, 0.717) is 0 Å². The third-order valence-corrected chi connectivity index (χ3v) is 11.1. The van der Waals surface area contributed by atoms with Crippen LogP contribution in [-0.2, 0) is 51.4 Å². The molecule has 0 aromatic heterocycles. The van der Waals surface area contributed by atoms with Gasteiger partial charge in [0.25, 0.3) is 0 Å². The Morgan fingerprint density at radius 1 is 0.217 bits per heavy atom. The van der Waals surface area contributed by atoms with E-state index < -0.39 is 0 Å². The summed E-state index contributed by atoms with van der Waals surface area (Å²) in [5.41, 5.74) is 11.8. The van der Waals surface area contributed by atoms with Crippen LogP contribution in [0.25, 0.3) is 53.9 Å². The van der Waals surface area contributed by atoms with E-state index in [9.17, 15) is 0 Å². The van der Waals surface area contributed by atoms with Gasteiger partial charge in [-0.15, -0.1) is 0 Å². The molecule has 0 spiro atoms. The Bertz CT molecular complexity index is 2180. The first-order valence-corrected chi connectivity index (χ1v) is 17.2. The third kappa shape index (κ3) is 4.43. The lowest BCUT2D eigenvalue weighted by molar-refractivity contribution is 0.892. The summed E-state index contributed by atoms with van der Waals surface area (Å²) in [5.74, 6) is 0. The summed E-state index contributed by atoms with van der Waals surface area (Å²) in [6, 6.07) is 48.0. The minimum atomic E-state index is 1.05. The summed E-state index contributed by atoms with van der Waals surface area (Å²) in [5, 5.41) is 13.7. The van der Waals surface area contributed by atoms with E-state index in [4.69, 9.17) is 0 Å². The van der Waals surface area contributed by atoms with E-state index in [2.05, 4.69) is 121 Å². The van der Waals surface area contributed by atoms with Crippen LogP contribution >= 0.6 is 0 Å². The first-order valence-electron chi connectivity index (χ1n) is 17.2. The largest absolute Gasteiger partial charge is 0.0584 e. The SMILES string of the molecule is c1cc2ccc3ccc4cc3c2cc1CCc1cc2cc3c(cc2cc1CCc1ccc2ccc5ccc(cc5c2c1)CC3)CC4. The molecule has 0 nitrogen and oxygen atoms in total. The summed E-state index contributed by atoms with van der Waals surface area (Å²) in [4.78, 5) is 0. The van der Waals surface area contributed by atoms with Crippen LogP contribution in [0.5, 0.6) is 0 Å². The molecular formula is C46H36. The fourth-order valence-electron chi connectivity index (χ4n) is 8.49. The van der Waals surface area contributed by atoms with E-state index in [-0.39, 0.29) is 0 Å². The van der Waals surface area contributed by atoms with Crippen LogP contribution in [0.1, 0.15) is 44.5 Å². The Balaban J connectivity index is 1.18. The molecule has 220 valence electrons. The molecule has 14 bridgehead atoms. The van der Waals surface area contributed by atoms with Crippen molar-refractivity contribution in [2.24, 2.45) is 0 Å². The molecule has 6 aliphatic carbocycles. The molecule has 8 aromatic carbocycles. The molecule has 0 aliphatic heterocycles. The van der Waals surface area contributed by atoms with Gasteiger partial charge in [0, 0.05) is 0 Å². The fraction of sp³-hybridized carbons (Fsp3) is 0.174. The van der Waals surface area contributed by atoms with Crippen molar-refractivity contribution in [2.45, 2.75) is 51.4 Å². The predicted molar refractivity (Wildman–Crippen MR) is 196 cm³/mol. The van der Waals surface area contributed by atoms with Crippen molar-refractivity contribution in [3.8, 4) is 0 Å². The van der Waals surface area contributed by atoms with Crippen molar-refractivity contribution in [1.29, 1.82) is 0 Å². The van der Waals surface area contributed by atoms with Crippen molar-refractivity contribution in [1.82, 2.24) is 0 Å². The molecule has 0 radical (unpaired) electrons. The molecule has 46 heavy (non-hydrogen) atoms. The van der Waals surface area contributed by atoms with Crippen LogP contribution < -0.4 is 0 Å². The van der Waals surface area contributed by atoms with Crippen LogP contribution in [-0.4, -0.2) is 0 Å². The van der Waals surface area contributed by atoms with Gasteiger partial charge in [-0.05, 0) is 150 Å². The normalized spacial score (nSPS) is 14.7. The minimum Gasteiger partial charge on any atom is -0.0584 e. The first kappa shape index (κ1) is 26.3. The van der Waals surface area contributed by atoms with Crippen LogP contribution in [0.4, 0.5) is 0 Å². The monoisotopic (exact) mass is 588 g/mol. The molecule has 0 heterocycles. The number of aryl methyl sites for hydroxylation is 8. The summed E-state index contributed by atoms with van der Waals surface area (Å²) < 4.78 is 0. The Labute approximate surface area is 270 Å². The van der Waals surface area contributed by atoms with Gasteiger partial charge in [-0.25, -0.2) is 0 Å². The molecule has 0 fully saturated rings. The Morgan fingerprint density at radius 2 is 0.457 bits per heavy atom. The average molecular weight is 589 g/mol. The molecule has 0 amide bonds. The molecule has 0 saturated heterocycles. The van der Waals surface area contributed by atoms with E-state index >= 15 is 0 Å². The third-order valence-electron chi connectivity index (χ3n) is 11.1. The highest BCUT2D eigenvalue weighted by atomic mass is 14.2. The zero-order chi connectivity index (χ0) is 30.2. The summed E-state index contributed by atoms with van der Waals surface area (Å²) in [6.07, 6.45) is 8.46. The molecule has 0 atom stereocenters. The zero-order valence-corrected chi connectivity index (χ0v) is 26.2. The first-order chi connectivity index (χ1) is 22.7. The van der Waals surface area contributed by atoms with Gasteiger partial charge in [0.15, 0.2) is 0 Å². The van der Waals surface area contributed by atoms with Crippen molar-refractivity contribution < 1.29 is 0 Å². The van der Waals surface area contributed by atoms with E-state index in [1.54, 1.807) is 0 Å². The summed E-state index contributed by atoms with van der Waals surface area (Å²) in [6.45, 7) is 0. The lowest BCUT2D eigenvalue weighted by Gasteiger charge is -2.18. The summed E-state index contributed by atoms with van der Waals surface area (Å²) >= 11 is 0. The highest BCUT2D eigenvalue weighted by Gasteiger charge is 2.14. The molecule has 8 aromatic rings. The molecule has 0 unspecified atom stereocenters. The minimum absolute atomic E-state index is 1.05. The lowest BCUT2D eigenvalue weighted by atomic mass is 9.87. The number of hydrogen-bond donors (Lipinski definition) is 0. The zero-order valence-electron chi connectivity index (χ0n) is 26.2. The van der Waals surface area contributed by atoms with Crippen molar-refractivity contribution in [3.63, 3.8) is 0 Å². The van der Waals surface area contributed by atoms with E-state index in [1.165, 1.54) is 98.4 Å². The molecule has 0 saturated carbocycles. The quantitative estimate of drug-likeness (QED) is 0.155. The van der Waals surface area contributed by atoms with Crippen molar-refractivity contribution in [3.05, 3.63) is 166 Å². The van der Waals surface area contributed by atoms with Crippen molar-refractivity contribution >= 4 is 53.9 Å². The van der Waals surface area contributed by atoms with Crippen LogP contribution in [0.3, 0.4) is 0 Å². The van der Waals surface area contributed by atoms with Crippen LogP contribution in [0.2, 0.25) is 0 Å². The maximum atomic E-state index is 2.54. The Kier molecular flexibility index (Phi) is 5.88. The number of hydrogen-bond acceptors (Lipinski definition) is 0. The molecule has 0 N–H and O–H groups in total. The van der Waals surface area contributed by atoms with Crippen LogP contribution in [0, 0.1) is 0 Å². The number of benzene rings is 8. The van der Waals surface area contributed by atoms with E-state index in [1.807, 2.05) is 0 Å². The maximum absolute atomic E-state index is 2.54. The lowest BCUT2D eigenvalue weighted by Crippen LogP contribution is -2.04. The molecule has 0 heteroatoms. The predicted octanol–water partition coefficient (Wildman–Crippen LogP) is 11.2. The highest BCUT2D eigenvalue weighted by molar-refractivity contribution is 6.09. The molecular weight excluding hydrogens is 553 g/mol. The second kappa shape index (κ2) is 10.3. The van der Waals surface area contributed by atoms with Gasteiger partial charge in [0.1, 0.15) is 0 Å². The Morgan fingerprint density at radius 3 is 0.717 bits per heavy atom. The fourth-order valence-corrected chi connectivity index (χ4v) is 8.49. The topological polar surface area (TPSA) is 0 Å². The number of rotatable bonds is 0. The van der Waals surface area contributed by atoms with Gasteiger partial charge in [-0.3, -0.25) is 0 Å². The molecule has 6 aliphatic rings. The van der Waals surface area contributed by atoms with Gasteiger partial charge in [-0.2, -0.15) is 0 Å². The standard InChI is InChI=1S/C46H36/c1-9-33-17-18-34-10-2-30-7-15-40-28-42-26-38-14-6-31-3-11-35-19-20-36-12-4-32(24-46(36)45(35)23-31)8-16-39(40)27-41(42)25-37(38)13-5-29(1)21-43(33)44(34)22-30/h1-4,9-12,17-28H,5-8,13-16H2. The van der Waals surface area contributed by atoms with Gasteiger partial charge in [-0.1, -0.05) is 121 Å².